The van der Waals surface area contributed by atoms with E-state index in [1.807, 2.05) is 26.0 Å². The number of sulfonamides is 1. The first-order chi connectivity index (χ1) is 15.3. The Hall–Kier alpha value is -1.48. The summed E-state index contributed by atoms with van der Waals surface area (Å²) in [6, 6.07) is 5.52. The Morgan fingerprint density at radius 1 is 1.06 bits per heavy atom. The topological polar surface area (TPSA) is 91.3 Å². The van der Waals surface area contributed by atoms with Gasteiger partial charge in [-0.05, 0) is 75.5 Å². The first kappa shape index (κ1) is 23.7. The molecular weight excluding hydrogens is 442 g/mol. The summed E-state index contributed by atoms with van der Waals surface area (Å²) < 4.78 is 29.2. The van der Waals surface area contributed by atoms with Crippen molar-refractivity contribution in [3.05, 3.63) is 29.5 Å². The minimum absolute atomic E-state index is 0.118. The molecule has 176 valence electrons. The highest BCUT2D eigenvalue weighted by Crippen LogP contribution is 2.35. The highest BCUT2D eigenvalue weighted by molar-refractivity contribution is 7.89. The molecule has 0 amide bonds. The van der Waals surface area contributed by atoms with Crippen molar-refractivity contribution in [2.24, 2.45) is 5.92 Å². The maximum atomic E-state index is 13.2. The number of thiazole rings is 1. The average molecular weight is 478 g/mol. The second kappa shape index (κ2) is 10.2. The number of aromatic nitrogens is 1. The lowest BCUT2D eigenvalue weighted by atomic mass is 9.89. The molecular formula is C24H35N3O3S2. The van der Waals surface area contributed by atoms with Crippen molar-refractivity contribution in [3.8, 4) is 10.4 Å². The van der Waals surface area contributed by atoms with Gasteiger partial charge in [-0.3, -0.25) is 0 Å². The maximum absolute atomic E-state index is 13.2. The van der Waals surface area contributed by atoms with Crippen LogP contribution < -0.4 is 10.0 Å². The smallest absolute Gasteiger partial charge is 0.241 e. The summed E-state index contributed by atoms with van der Waals surface area (Å²) in [4.78, 5) is 6.04. The number of nitrogens with one attached hydrogen (secondary N) is 2. The number of anilines is 1. The van der Waals surface area contributed by atoms with Crippen LogP contribution in [0.5, 0.6) is 0 Å². The molecule has 1 aromatic carbocycles. The third kappa shape index (κ3) is 5.71. The van der Waals surface area contributed by atoms with Crippen molar-refractivity contribution in [2.45, 2.75) is 88.7 Å². The van der Waals surface area contributed by atoms with Crippen LogP contribution in [0.2, 0.25) is 0 Å². The van der Waals surface area contributed by atoms with Crippen molar-refractivity contribution in [2.75, 3.05) is 11.9 Å². The van der Waals surface area contributed by atoms with Crippen molar-refractivity contribution in [3.63, 3.8) is 0 Å². The van der Waals surface area contributed by atoms with E-state index in [9.17, 15) is 13.5 Å². The van der Waals surface area contributed by atoms with Crippen LogP contribution >= 0.6 is 11.3 Å². The summed E-state index contributed by atoms with van der Waals surface area (Å²) >= 11 is 1.60. The lowest BCUT2D eigenvalue weighted by Crippen LogP contribution is -2.38. The molecule has 0 aliphatic heterocycles. The highest BCUT2D eigenvalue weighted by Gasteiger charge is 2.26. The van der Waals surface area contributed by atoms with Gasteiger partial charge in [-0.2, -0.15) is 0 Å². The van der Waals surface area contributed by atoms with Gasteiger partial charge in [-0.15, -0.1) is 0 Å². The molecule has 1 aromatic heterocycles. The van der Waals surface area contributed by atoms with Gasteiger partial charge in [0.05, 0.1) is 21.6 Å². The fourth-order valence-corrected chi connectivity index (χ4v) is 7.42. The van der Waals surface area contributed by atoms with Gasteiger partial charge in [0.25, 0.3) is 0 Å². The fourth-order valence-electron chi connectivity index (χ4n) is 4.87. The van der Waals surface area contributed by atoms with Crippen molar-refractivity contribution in [1.29, 1.82) is 0 Å². The standard InChI is InChI=1S/C24H35N3O3S2/c1-16-8-9-19(14-22(16)32(29,30)27-20-10-12-21(28)13-11-20)23-17(2)26-24(31-23)25-15-18-6-4-3-5-7-18/h8-9,14,18,20-21,27-28H,3-7,10-13,15H2,1-2H3,(H,25,26)/t20-,21-. The van der Waals surface area contributed by atoms with Gasteiger partial charge < -0.3 is 10.4 Å². The first-order valence-electron chi connectivity index (χ1n) is 11.8. The number of aliphatic hydroxyl groups excluding tert-OH is 1. The van der Waals surface area contributed by atoms with Crippen LogP contribution in [0.1, 0.15) is 69.0 Å². The SMILES string of the molecule is Cc1ccc(-c2sc(NCC3CCCCC3)nc2C)cc1S(=O)(=O)N[C@H]1CC[C@H](O)CC1. The lowest BCUT2D eigenvalue weighted by molar-refractivity contribution is 0.120. The van der Waals surface area contributed by atoms with E-state index in [0.717, 1.165) is 39.3 Å². The largest absolute Gasteiger partial charge is 0.393 e. The number of nitrogens with zero attached hydrogens (tertiary/aromatic N) is 1. The third-order valence-corrected chi connectivity index (χ3v) is 9.65. The Bertz CT molecular complexity index is 1020. The van der Waals surface area contributed by atoms with E-state index < -0.39 is 10.0 Å². The van der Waals surface area contributed by atoms with Crippen LogP contribution in [0.25, 0.3) is 10.4 Å². The van der Waals surface area contributed by atoms with E-state index in [4.69, 9.17) is 4.98 Å². The molecule has 0 saturated heterocycles. The Kier molecular flexibility index (Phi) is 7.54. The average Bonchev–Trinajstić information content (AvgIpc) is 3.15. The molecule has 0 atom stereocenters. The Morgan fingerprint density at radius 3 is 2.50 bits per heavy atom. The summed E-state index contributed by atoms with van der Waals surface area (Å²) in [5.41, 5.74) is 2.54. The number of hydrogen-bond acceptors (Lipinski definition) is 6. The first-order valence-corrected chi connectivity index (χ1v) is 14.1. The molecule has 0 spiro atoms. The van der Waals surface area contributed by atoms with E-state index in [-0.39, 0.29) is 12.1 Å². The van der Waals surface area contributed by atoms with Crippen LogP contribution in [0.15, 0.2) is 23.1 Å². The summed E-state index contributed by atoms with van der Waals surface area (Å²) in [7, 11) is -3.63. The van der Waals surface area contributed by atoms with Gasteiger partial charge in [0.1, 0.15) is 0 Å². The zero-order valence-corrected chi connectivity index (χ0v) is 20.7. The van der Waals surface area contributed by atoms with E-state index in [2.05, 4.69) is 10.0 Å². The van der Waals surface area contributed by atoms with Crippen molar-refractivity contribution < 1.29 is 13.5 Å². The highest BCUT2D eigenvalue weighted by atomic mass is 32.2. The molecule has 2 aliphatic carbocycles. The van der Waals surface area contributed by atoms with E-state index >= 15 is 0 Å². The molecule has 8 heteroatoms. The van der Waals surface area contributed by atoms with Gasteiger partial charge in [-0.1, -0.05) is 42.7 Å². The van der Waals surface area contributed by atoms with E-state index in [1.54, 1.807) is 17.4 Å². The molecule has 6 nitrogen and oxygen atoms in total. The molecule has 2 fully saturated rings. The molecule has 0 unspecified atom stereocenters. The Labute approximate surface area is 195 Å². The van der Waals surface area contributed by atoms with Gasteiger partial charge >= 0.3 is 0 Å². The number of hydrogen-bond donors (Lipinski definition) is 3. The Balaban J connectivity index is 1.50. The predicted octanol–water partition coefficient (Wildman–Crippen LogP) is 5.00. The zero-order chi connectivity index (χ0) is 22.7. The second-order valence-electron chi connectivity index (χ2n) is 9.43. The molecule has 4 rings (SSSR count). The van der Waals surface area contributed by atoms with Crippen LogP contribution in [0.3, 0.4) is 0 Å². The zero-order valence-electron chi connectivity index (χ0n) is 19.1. The summed E-state index contributed by atoms with van der Waals surface area (Å²) in [6.07, 6.45) is 8.89. The number of benzene rings is 1. The molecule has 0 radical (unpaired) electrons. The Morgan fingerprint density at radius 2 is 1.78 bits per heavy atom. The third-order valence-electron chi connectivity index (χ3n) is 6.82. The summed E-state index contributed by atoms with van der Waals surface area (Å²) in [5, 5.41) is 14.1. The predicted molar refractivity (Wildman–Crippen MR) is 131 cm³/mol. The maximum Gasteiger partial charge on any atom is 0.241 e. The molecule has 2 aromatic rings. The van der Waals surface area contributed by atoms with Gasteiger partial charge in [-0.25, -0.2) is 18.1 Å². The quantitative estimate of drug-likeness (QED) is 0.522. The molecule has 1 heterocycles. The van der Waals surface area contributed by atoms with E-state index in [0.29, 0.717) is 30.6 Å². The van der Waals surface area contributed by atoms with Crippen LogP contribution in [-0.2, 0) is 10.0 Å². The summed E-state index contributed by atoms with van der Waals surface area (Å²) in [6.45, 7) is 4.77. The van der Waals surface area contributed by atoms with Crippen molar-refractivity contribution in [1.82, 2.24) is 9.71 Å². The minimum atomic E-state index is -3.63. The summed E-state index contributed by atoms with van der Waals surface area (Å²) in [5.74, 6) is 0.722. The number of rotatable bonds is 7. The minimum Gasteiger partial charge on any atom is -0.393 e. The molecule has 3 N–H and O–H groups in total. The van der Waals surface area contributed by atoms with Crippen molar-refractivity contribution >= 4 is 26.5 Å². The fraction of sp³-hybridized carbons (Fsp3) is 0.625. The normalized spacial score (nSPS) is 22.7. The van der Waals surface area contributed by atoms with Gasteiger partial charge in [0.2, 0.25) is 10.0 Å². The molecule has 0 bridgehead atoms. The number of aliphatic hydroxyl groups is 1. The second-order valence-corrected chi connectivity index (χ2v) is 12.1. The lowest BCUT2D eigenvalue weighted by Gasteiger charge is -2.26. The number of aryl methyl sites for hydroxylation is 2. The monoisotopic (exact) mass is 477 g/mol. The molecule has 2 saturated carbocycles. The van der Waals surface area contributed by atoms with Crippen LogP contribution in [0.4, 0.5) is 5.13 Å². The van der Waals surface area contributed by atoms with Gasteiger partial charge in [0.15, 0.2) is 5.13 Å². The van der Waals surface area contributed by atoms with Gasteiger partial charge in [0, 0.05) is 12.6 Å². The molecule has 2 aliphatic rings. The van der Waals surface area contributed by atoms with Crippen LogP contribution in [-0.4, -0.2) is 37.2 Å². The molecule has 32 heavy (non-hydrogen) atoms. The van der Waals surface area contributed by atoms with E-state index in [1.165, 1.54) is 32.1 Å². The van der Waals surface area contributed by atoms with Crippen LogP contribution in [0, 0.1) is 19.8 Å².